The lowest BCUT2D eigenvalue weighted by Crippen LogP contribution is -2.30. The number of aromatic nitrogens is 3. The van der Waals surface area contributed by atoms with E-state index in [4.69, 9.17) is 4.74 Å². The van der Waals surface area contributed by atoms with Crippen LogP contribution in [0.15, 0.2) is 59.4 Å². The SMILES string of the molecule is CC(C)(C)c1[nH]nc2c1C(c1cccnc1OCCO)N(c1ccc(-c3ccsc3)cc1)C2=O. The second-order valence-electron chi connectivity index (χ2n) is 9.22. The van der Waals surface area contributed by atoms with Gasteiger partial charge in [-0.1, -0.05) is 32.9 Å². The molecule has 0 fully saturated rings. The van der Waals surface area contributed by atoms with E-state index in [9.17, 15) is 9.90 Å². The van der Waals surface area contributed by atoms with Gasteiger partial charge in [-0.15, -0.1) is 0 Å². The summed E-state index contributed by atoms with van der Waals surface area (Å²) in [5.41, 5.74) is 5.64. The fourth-order valence-electron chi connectivity index (χ4n) is 4.39. The second-order valence-corrected chi connectivity index (χ2v) is 10.00. The Morgan fingerprint density at radius 1 is 1.15 bits per heavy atom. The van der Waals surface area contributed by atoms with Gasteiger partial charge in [0.25, 0.3) is 5.91 Å². The first-order valence-corrected chi connectivity index (χ1v) is 12.1. The van der Waals surface area contributed by atoms with Gasteiger partial charge in [-0.25, -0.2) is 4.98 Å². The number of aliphatic hydroxyl groups is 1. The number of benzene rings is 1. The van der Waals surface area contributed by atoms with Crippen LogP contribution in [0.5, 0.6) is 5.88 Å². The maximum atomic E-state index is 13.7. The number of fused-ring (bicyclic) bond motifs is 1. The minimum atomic E-state index is -0.468. The maximum absolute atomic E-state index is 13.7. The average molecular weight is 475 g/mol. The topological polar surface area (TPSA) is 91.3 Å². The number of rotatable bonds is 6. The normalized spacial score (nSPS) is 15.6. The third-order valence-corrected chi connectivity index (χ3v) is 6.62. The van der Waals surface area contributed by atoms with Crippen LogP contribution in [0.4, 0.5) is 5.69 Å². The highest BCUT2D eigenvalue weighted by Gasteiger charge is 2.46. The van der Waals surface area contributed by atoms with Crippen molar-refractivity contribution in [3.8, 4) is 17.0 Å². The van der Waals surface area contributed by atoms with E-state index in [-0.39, 0.29) is 24.5 Å². The molecule has 0 bridgehead atoms. The van der Waals surface area contributed by atoms with Crippen LogP contribution >= 0.6 is 11.3 Å². The summed E-state index contributed by atoms with van der Waals surface area (Å²) in [5, 5.41) is 21.0. The summed E-state index contributed by atoms with van der Waals surface area (Å²) in [6.45, 7) is 6.26. The fourth-order valence-corrected chi connectivity index (χ4v) is 5.06. The Bertz CT molecular complexity index is 1310. The minimum absolute atomic E-state index is 0.115. The lowest BCUT2D eigenvalue weighted by atomic mass is 9.85. The number of anilines is 1. The molecule has 1 aliphatic heterocycles. The van der Waals surface area contributed by atoms with E-state index in [1.54, 1.807) is 22.4 Å². The molecule has 1 aliphatic rings. The minimum Gasteiger partial charge on any atom is -0.475 e. The van der Waals surface area contributed by atoms with Gasteiger partial charge >= 0.3 is 0 Å². The Hall–Kier alpha value is -3.49. The highest BCUT2D eigenvalue weighted by molar-refractivity contribution is 7.08. The Kier molecular flexibility index (Phi) is 5.71. The second kappa shape index (κ2) is 8.70. The summed E-state index contributed by atoms with van der Waals surface area (Å²) in [5.74, 6) is 0.218. The summed E-state index contributed by atoms with van der Waals surface area (Å²) >= 11 is 1.65. The first-order chi connectivity index (χ1) is 16.4. The van der Waals surface area contributed by atoms with E-state index in [0.29, 0.717) is 11.6 Å². The number of carbonyl (C=O) groups is 1. The van der Waals surface area contributed by atoms with Crippen molar-refractivity contribution in [3.05, 3.63) is 81.9 Å². The van der Waals surface area contributed by atoms with Gasteiger partial charge in [-0.05, 0) is 52.2 Å². The summed E-state index contributed by atoms with van der Waals surface area (Å²) in [4.78, 5) is 19.9. The Labute approximate surface area is 202 Å². The average Bonchev–Trinajstić information content (AvgIpc) is 3.56. The number of H-pyrrole nitrogens is 1. The van der Waals surface area contributed by atoms with Gasteiger partial charge in [0.15, 0.2) is 5.69 Å². The van der Waals surface area contributed by atoms with Crippen LogP contribution in [-0.4, -0.2) is 39.4 Å². The van der Waals surface area contributed by atoms with Crippen molar-refractivity contribution in [2.45, 2.75) is 32.2 Å². The molecule has 1 unspecified atom stereocenters. The van der Waals surface area contributed by atoms with Gasteiger partial charge < -0.3 is 9.84 Å². The molecule has 4 heterocycles. The zero-order chi connectivity index (χ0) is 23.9. The van der Waals surface area contributed by atoms with E-state index in [1.165, 1.54) is 0 Å². The number of nitrogens with zero attached hydrogens (tertiary/aromatic N) is 3. The predicted molar refractivity (Wildman–Crippen MR) is 133 cm³/mol. The van der Waals surface area contributed by atoms with E-state index in [2.05, 4.69) is 47.4 Å². The highest BCUT2D eigenvalue weighted by atomic mass is 32.1. The molecule has 0 aliphatic carbocycles. The molecule has 1 aromatic carbocycles. The molecule has 5 rings (SSSR count). The number of nitrogens with one attached hydrogen (secondary N) is 1. The summed E-state index contributed by atoms with van der Waals surface area (Å²) in [6, 6.07) is 13.4. The molecule has 1 atom stereocenters. The number of hydrogen-bond acceptors (Lipinski definition) is 6. The number of hydrogen-bond donors (Lipinski definition) is 2. The van der Waals surface area contributed by atoms with Gasteiger partial charge in [0.2, 0.25) is 5.88 Å². The van der Waals surface area contributed by atoms with Gasteiger partial charge in [0.05, 0.1) is 12.6 Å². The summed E-state index contributed by atoms with van der Waals surface area (Å²) < 4.78 is 5.77. The zero-order valence-electron chi connectivity index (χ0n) is 19.3. The molecule has 0 spiro atoms. The van der Waals surface area contributed by atoms with Gasteiger partial charge in [0, 0.05) is 34.1 Å². The monoisotopic (exact) mass is 474 g/mol. The number of amides is 1. The third-order valence-electron chi connectivity index (χ3n) is 5.93. The van der Waals surface area contributed by atoms with E-state index in [0.717, 1.165) is 33.6 Å². The Balaban J connectivity index is 1.66. The van der Waals surface area contributed by atoms with E-state index >= 15 is 0 Å². The van der Waals surface area contributed by atoms with Crippen LogP contribution in [0.2, 0.25) is 0 Å². The fraction of sp³-hybridized carbons (Fsp3) is 0.269. The molecule has 0 saturated carbocycles. The predicted octanol–water partition coefficient (Wildman–Crippen LogP) is 4.95. The van der Waals surface area contributed by atoms with Crippen molar-refractivity contribution < 1.29 is 14.6 Å². The molecular weight excluding hydrogens is 448 g/mol. The maximum Gasteiger partial charge on any atom is 0.280 e. The van der Waals surface area contributed by atoms with Crippen LogP contribution in [0.1, 0.15) is 54.1 Å². The molecule has 34 heavy (non-hydrogen) atoms. The van der Waals surface area contributed by atoms with Crippen LogP contribution in [0, 0.1) is 0 Å². The summed E-state index contributed by atoms with van der Waals surface area (Å²) in [7, 11) is 0. The first kappa shape index (κ1) is 22.3. The number of thiophene rings is 1. The quantitative estimate of drug-likeness (QED) is 0.413. The van der Waals surface area contributed by atoms with Gasteiger partial charge in [-0.2, -0.15) is 16.4 Å². The molecule has 4 aromatic rings. The van der Waals surface area contributed by atoms with Crippen molar-refractivity contribution >= 4 is 22.9 Å². The van der Waals surface area contributed by atoms with Crippen molar-refractivity contribution in [1.29, 1.82) is 0 Å². The smallest absolute Gasteiger partial charge is 0.280 e. The Morgan fingerprint density at radius 2 is 1.94 bits per heavy atom. The number of pyridine rings is 1. The molecule has 8 heteroatoms. The zero-order valence-corrected chi connectivity index (χ0v) is 20.1. The first-order valence-electron chi connectivity index (χ1n) is 11.1. The Morgan fingerprint density at radius 3 is 2.62 bits per heavy atom. The van der Waals surface area contributed by atoms with Crippen molar-refractivity contribution in [2.75, 3.05) is 18.1 Å². The summed E-state index contributed by atoms with van der Waals surface area (Å²) in [6.07, 6.45) is 1.65. The van der Waals surface area contributed by atoms with E-state index < -0.39 is 6.04 Å². The van der Waals surface area contributed by atoms with Crippen molar-refractivity contribution in [1.82, 2.24) is 15.2 Å². The molecule has 2 N–H and O–H groups in total. The lowest BCUT2D eigenvalue weighted by Gasteiger charge is -2.29. The number of carbonyl (C=O) groups excluding carboxylic acids is 1. The number of aliphatic hydroxyl groups excluding tert-OH is 1. The standard InChI is InChI=1S/C26H26N4O3S/c1-26(2,3)23-20-21(28-29-23)25(32)30(18-8-6-16(7-9-18)17-10-14-34-15-17)22(20)19-5-4-11-27-24(19)33-13-12-31/h4-11,14-15,22,31H,12-13H2,1-3H3,(H,28,29). The van der Waals surface area contributed by atoms with Crippen molar-refractivity contribution in [3.63, 3.8) is 0 Å². The molecule has 1 amide bonds. The molecule has 7 nitrogen and oxygen atoms in total. The van der Waals surface area contributed by atoms with Crippen LogP contribution in [0.3, 0.4) is 0 Å². The molecular formula is C26H26N4O3S. The van der Waals surface area contributed by atoms with Crippen LogP contribution < -0.4 is 9.64 Å². The van der Waals surface area contributed by atoms with Crippen LogP contribution in [-0.2, 0) is 5.41 Å². The molecule has 3 aromatic heterocycles. The third kappa shape index (κ3) is 3.78. The van der Waals surface area contributed by atoms with E-state index in [1.807, 2.05) is 41.8 Å². The lowest BCUT2D eigenvalue weighted by molar-refractivity contribution is 0.0988. The number of aromatic amines is 1. The van der Waals surface area contributed by atoms with Crippen LogP contribution in [0.25, 0.3) is 11.1 Å². The molecule has 0 saturated heterocycles. The van der Waals surface area contributed by atoms with Gasteiger partial charge in [0.1, 0.15) is 6.61 Å². The molecule has 0 radical (unpaired) electrons. The molecule has 174 valence electrons. The van der Waals surface area contributed by atoms with Crippen molar-refractivity contribution in [2.24, 2.45) is 0 Å². The highest BCUT2D eigenvalue weighted by Crippen LogP contribution is 2.47. The van der Waals surface area contributed by atoms with Gasteiger partial charge in [-0.3, -0.25) is 14.8 Å². The largest absolute Gasteiger partial charge is 0.475 e. The number of ether oxygens (including phenoxy) is 1.